The Labute approximate surface area is 294 Å². The number of hydrogen-bond donors (Lipinski definition) is 0. The van der Waals surface area contributed by atoms with E-state index >= 15 is 0 Å². The summed E-state index contributed by atoms with van der Waals surface area (Å²) in [4.78, 5) is 0. The molecule has 2 aliphatic carbocycles. The normalized spacial score (nSPS) is 13.8. The number of furan rings is 1. The van der Waals surface area contributed by atoms with E-state index in [0.29, 0.717) is 0 Å². The first kappa shape index (κ1) is 27.4. The summed E-state index contributed by atoms with van der Waals surface area (Å²) in [5, 5.41) is 7.45. The number of rotatable bonds is 2. The van der Waals surface area contributed by atoms with Crippen LogP contribution in [-0.2, 0) is 5.41 Å². The topological polar surface area (TPSA) is 18.1 Å². The van der Waals surface area contributed by atoms with Crippen LogP contribution in [0.5, 0.6) is 0 Å². The maximum atomic E-state index is 6.88. The van der Waals surface area contributed by atoms with Gasteiger partial charge in [0.1, 0.15) is 11.2 Å². The van der Waals surface area contributed by atoms with Crippen LogP contribution in [0.25, 0.3) is 105 Å². The van der Waals surface area contributed by atoms with E-state index in [1.165, 1.54) is 99.0 Å². The summed E-state index contributed by atoms with van der Waals surface area (Å²) >= 11 is 0. The van der Waals surface area contributed by atoms with Gasteiger partial charge in [-0.3, -0.25) is 0 Å². The summed E-state index contributed by atoms with van der Waals surface area (Å²) in [5.74, 6) is 0. The summed E-state index contributed by atoms with van der Waals surface area (Å²) in [7, 11) is 0. The Bertz CT molecular complexity index is 3120. The number of para-hydroxylation sites is 2. The average molecular weight is 650 g/mol. The predicted octanol–water partition coefficient (Wildman–Crippen LogP) is 13.5. The fraction of sp³-hybridized carbons (Fsp3) is 0.0612. The molecule has 0 unspecified atom stereocenters. The van der Waals surface area contributed by atoms with Crippen LogP contribution in [0.1, 0.15) is 25.0 Å². The lowest BCUT2D eigenvalue weighted by Gasteiger charge is -2.24. The van der Waals surface area contributed by atoms with Crippen molar-refractivity contribution in [2.75, 3.05) is 0 Å². The van der Waals surface area contributed by atoms with Gasteiger partial charge in [0, 0.05) is 27.3 Å². The number of aromatic nitrogens is 1. The van der Waals surface area contributed by atoms with Gasteiger partial charge in [-0.1, -0.05) is 141 Å². The quantitative estimate of drug-likeness (QED) is 0.182. The fourth-order valence-electron chi connectivity index (χ4n) is 9.80. The Morgan fingerprint density at radius 1 is 0.471 bits per heavy atom. The molecule has 0 bridgehead atoms. The van der Waals surface area contributed by atoms with Crippen LogP contribution in [0.4, 0.5) is 0 Å². The van der Waals surface area contributed by atoms with Gasteiger partial charge >= 0.3 is 0 Å². The molecule has 0 saturated heterocycles. The minimum atomic E-state index is -0.217. The Hall–Kier alpha value is -6.38. The molecule has 0 saturated carbocycles. The van der Waals surface area contributed by atoms with Gasteiger partial charge in [-0.15, -0.1) is 0 Å². The Morgan fingerprint density at radius 2 is 1.10 bits per heavy atom. The van der Waals surface area contributed by atoms with E-state index < -0.39 is 0 Å². The van der Waals surface area contributed by atoms with Crippen molar-refractivity contribution in [1.29, 1.82) is 0 Å². The number of nitrogens with zero attached hydrogens (tertiary/aromatic N) is 1. The van der Waals surface area contributed by atoms with Gasteiger partial charge in [-0.05, 0) is 90.7 Å². The molecule has 0 aliphatic heterocycles. The third-order valence-corrected chi connectivity index (χ3v) is 11.9. The third-order valence-electron chi connectivity index (χ3n) is 11.9. The molecular formula is C49H31NO. The fourth-order valence-corrected chi connectivity index (χ4v) is 9.80. The van der Waals surface area contributed by atoms with Gasteiger partial charge in [0.2, 0.25) is 0 Å². The van der Waals surface area contributed by atoms with Crippen LogP contribution in [0.3, 0.4) is 0 Å². The number of hydrogen-bond acceptors (Lipinski definition) is 1. The highest BCUT2D eigenvalue weighted by Crippen LogP contribution is 2.58. The zero-order valence-electron chi connectivity index (χ0n) is 28.3. The van der Waals surface area contributed by atoms with Crippen molar-refractivity contribution in [2.45, 2.75) is 19.3 Å². The van der Waals surface area contributed by atoms with Crippen molar-refractivity contribution in [3.8, 4) is 50.2 Å². The molecule has 0 amide bonds. The molecule has 0 fully saturated rings. The molecule has 0 spiro atoms. The highest BCUT2D eigenvalue weighted by atomic mass is 16.3. The zero-order valence-corrected chi connectivity index (χ0v) is 28.3. The second kappa shape index (κ2) is 9.44. The van der Waals surface area contributed by atoms with Crippen molar-refractivity contribution in [3.05, 3.63) is 163 Å². The standard InChI is InChI=1S/C49H31NO/c1-49(2)39-19-8-5-14-36(39)43-44-38-16-7-10-21-41(38)51-48(44)45-37-15-6-9-20-40(37)50(47(45)46(43)49)29-24-22-28(23-25-29)30-26-27-35-32-13-4-3-12-31(32)34-18-11-17-33(30)42(34)35/h3-27H,1-2H3. The van der Waals surface area contributed by atoms with Gasteiger partial charge < -0.3 is 8.98 Å². The molecule has 51 heavy (non-hydrogen) atoms. The van der Waals surface area contributed by atoms with Crippen LogP contribution < -0.4 is 0 Å². The Morgan fingerprint density at radius 3 is 1.92 bits per heavy atom. The van der Waals surface area contributed by atoms with E-state index in [9.17, 15) is 0 Å². The number of benzene rings is 8. The second-order valence-corrected chi connectivity index (χ2v) is 14.8. The molecule has 0 atom stereocenters. The van der Waals surface area contributed by atoms with Gasteiger partial charge in [0.05, 0.1) is 16.4 Å². The van der Waals surface area contributed by atoms with E-state index in [1.807, 2.05) is 0 Å². The molecule has 12 rings (SSSR count). The Balaban J connectivity index is 1.15. The van der Waals surface area contributed by atoms with E-state index in [0.717, 1.165) is 16.9 Å². The van der Waals surface area contributed by atoms with Gasteiger partial charge in [0.15, 0.2) is 0 Å². The summed E-state index contributed by atoms with van der Waals surface area (Å²) in [6.45, 7) is 4.79. The minimum absolute atomic E-state index is 0.217. The van der Waals surface area contributed by atoms with E-state index in [2.05, 4.69) is 170 Å². The largest absolute Gasteiger partial charge is 0.455 e. The van der Waals surface area contributed by atoms with Crippen LogP contribution in [0.15, 0.2) is 156 Å². The minimum Gasteiger partial charge on any atom is -0.455 e. The lowest BCUT2D eigenvalue weighted by Crippen LogP contribution is -2.16. The zero-order chi connectivity index (χ0) is 33.6. The third kappa shape index (κ3) is 3.33. The first-order chi connectivity index (χ1) is 25.1. The molecule has 2 heteroatoms. The SMILES string of the molecule is CC1(C)c2ccccc2-c2c1c1c(c3ccccc3n1-c1ccc(-c3ccc4c5c(cccc35)-c3ccccc3-4)cc1)c1oc3ccccc3c21. The van der Waals surface area contributed by atoms with Crippen LogP contribution in [0.2, 0.25) is 0 Å². The molecule has 2 nitrogen and oxygen atoms in total. The molecular weight excluding hydrogens is 619 g/mol. The smallest absolute Gasteiger partial charge is 0.146 e. The second-order valence-electron chi connectivity index (χ2n) is 14.8. The summed E-state index contributed by atoms with van der Waals surface area (Å²) in [6.07, 6.45) is 0. The molecule has 2 aromatic heterocycles. The monoisotopic (exact) mass is 649 g/mol. The molecule has 2 heterocycles. The van der Waals surface area contributed by atoms with Crippen molar-refractivity contribution in [2.24, 2.45) is 0 Å². The maximum absolute atomic E-state index is 6.88. The molecule has 10 aromatic rings. The van der Waals surface area contributed by atoms with Crippen molar-refractivity contribution >= 4 is 54.5 Å². The Kier molecular flexibility index (Phi) is 5.08. The summed E-state index contributed by atoms with van der Waals surface area (Å²) in [5.41, 5.74) is 18.4. The molecule has 2 aliphatic rings. The van der Waals surface area contributed by atoms with E-state index in [-0.39, 0.29) is 5.41 Å². The first-order valence-corrected chi connectivity index (χ1v) is 17.9. The predicted molar refractivity (Wildman–Crippen MR) is 213 cm³/mol. The van der Waals surface area contributed by atoms with Gasteiger partial charge in [-0.25, -0.2) is 0 Å². The van der Waals surface area contributed by atoms with Gasteiger partial charge in [0.25, 0.3) is 0 Å². The van der Waals surface area contributed by atoms with Crippen LogP contribution in [-0.4, -0.2) is 4.57 Å². The number of fused-ring (bicyclic) bond motifs is 15. The highest BCUT2D eigenvalue weighted by Gasteiger charge is 2.41. The maximum Gasteiger partial charge on any atom is 0.146 e. The molecule has 0 N–H and O–H groups in total. The lowest BCUT2D eigenvalue weighted by molar-refractivity contribution is 0.662. The average Bonchev–Trinajstić information content (AvgIpc) is 3.89. The van der Waals surface area contributed by atoms with Crippen molar-refractivity contribution < 1.29 is 4.42 Å². The summed E-state index contributed by atoms with van der Waals surface area (Å²) in [6, 6.07) is 55.8. The van der Waals surface area contributed by atoms with Crippen molar-refractivity contribution in [1.82, 2.24) is 4.57 Å². The van der Waals surface area contributed by atoms with E-state index in [1.54, 1.807) is 0 Å². The molecule has 8 aromatic carbocycles. The summed E-state index contributed by atoms with van der Waals surface area (Å²) < 4.78 is 9.38. The lowest BCUT2D eigenvalue weighted by atomic mass is 9.81. The van der Waals surface area contributed by atoms with Crippen LogP contribution >= 0.6 is 0 Å². The molecule has 238 valence electrons. The van der Waals surface area contributed by atoms with Gasteiger partial charge in [-0.2, -0.15) is 0 Å². The van der Waals surface area contributed by atoms with E-state index in [4.69, 9.17) is 4.42 Å². The highest BCUT2D eigenvalue weighted by molar-refractivity contribution is 6.30. The first-order valence-electron chi connectivity index (χ1n) is 17.9. The van der Waals surface area contributed by atoms with Crippen LogP contribution in [0, 0.1) is 0 Å². The van der Waals surface area contributed by atoms with Crippen molar-refractivity contribution in [3.63, 3.8) is 0 Å². The molecule has 0 radical (unpaired) electrons.